The molecule has 8 heteroatoms. The van der Waals surface area contributed by atoms with E-state index < -0.39 is 0 Å². The van der Waals surface area contributed by atoms with E-state index in [1.165, 1.54) is 0 Å². The molecular weight excluding hydrogens is 380 g/mol. The molecule has 160 valence electrons. The second kappa shape index (κ2) is 9.86. The smallest absolute Gasteiger partial charge is 0.248 e. The van der Waals surface area contributed by atoms with E-state index in [1.807, 2.05) is 35.2 Å². The van der Waals surface area contributed by atoms with E-state index in [1.54, 1.807) is 6.33 Å². The molecule has 0 N–H and O–H groups in total. The van der Waals surface area contributed by atoms with Crippen LogP contribution >= 0.6 is 0 Å². The predicted octanol–water partition coefficient (Wildman–Crippen LogP) is 1.09. The summed E-state index contributed by atoms with van der Waals surface area (Å²) in [5.74, 6) is 1.97. The summed E-state index contributed by atoms with van der Waals surface area (Å²) in [5.41, 5.74) is 1.08. The minimum atomic E-state index is 0.0476. The van der Waals surface area contributed by atoms with Gasteiger partial charge in [-0.3, -0.25) is 4.79 Å². The topological polar surface area (TPSA) is 65.0 Å². The third-order valence-electron chi connectivity index (χ3n) is 5.76. The maximum absolute atomic E-state index is 12.5. The zero-order chi connectivity index (χ0) is 20.8. The van der Waals surface area contributed by atoms with Crippen molar-refractivity contribution in [2.45, 2.75) is 6.61 Å². The molecule has 0 spiro atoms. The van der Waals surface area contributed by atoms with Crippen molar-refractivity contribution < 1.29 is 9.53 Å². The highest BCUT2D eigenvalue weighted by Crippen LogP contribution is 2.20. The van der Waals surface area contributed by atoms with Gasteiger partial charge in [-0.25, -0.2) is 9.97 Å². The van der Waals surface area contributed by atoms with E-state index >= 15 is 0 Å². The molecule has 8 nitrogen and oxygen atoms in total. The summed E-state index contributed by atoms with van der Waals surface area (Å²) in [6.45, 7) is 7.55. The van der Waals surface area contributed by atoms with Gasteiger partial charge in [0, 0.05) is 58.4 Å². The summed E-state index contributed by atoms with van der Waals surface area (Å²) in [6, 6.07) is 12.0. The Morgan fingerprint density at radius 3 is 2.13 bits per heavy atom. The molecule has 2 aliphatic rings. The average molecular weight is 411 g/mol. The van der Waals surface area contributed by atoms with Crippen molar-refractivity contribution in [1.82, 2.24) is 19.8 Å². The van der Waals surface area contributed by atoms with Gasteiger partial charge in [0.05, 0.1) is 6.61 Å². The van der Waals surface area contributed by atoms with Gasteiger partial charge in [-0.05, 0) is 12.6 Å². The number of hydrogen-bond acceptors (Lipinski definition) is 7. The molecule has 2 saturated heterocycles. The summed E-state index contributed by atoms with van der Waals surface area (Å²) in [4.78, 5) is 30.2. The van der Waals surface area contributed by atoms with Crippen LogP contribution in [0.1, 0.15) is 5.56 Å². The maximum Gasteiger partial charge on any atom is 0.248 e. The molecule has 2 aromatic rings. The van der Waals surface area contributed by atoms with Crippen molar-refractivity contribution >= 4 is 17.5 Å². The molecule has 0 radical (unpaired) electrons. The number of anilines is 2. The van der Waals surface area contributed by atoms with Gasteiger partial charge in [0.15, 0.2) is 0 Å². The summed E-state index contributed by atoms with van der Waals surface area (Å²) in [7, 11) is 2.15. The van der Waals surface area contributed by atoms with Crippen LogP contribution in [0.3, 0.4) is 0 Å². The van der Waals surface area contributed by atoms with Crippen LogP contribution in [0.15, 0.2) is 42.7 Å². The molecule has 1 aromatic heterocycles. The standard InChI is InChI=1S/C22H30N6O2/c1-25-7-9-26(10-8-25)20-15-21(24-18-23-20)27-11-13-28(14-12-27)22(29)17-30-16-19-5-3-2-4-6-19/h2-6,15,18H,7-14,16-17H2,1H3. The molecule has 0 saturated carbocycles. The molecule has 0 bridgehead atoms. The first-order chi connectivity index (χ1) is 14.7. The van der Waals surface area contributed by atoms with Crippen LogP contribution in [-0.4, -0.2) is 91.7 Å². The van der Waals surface area contributed by atoms with Crippen LogP contribution in [0.5, 0.6) is 0 Å². The van der Waals surface area contributed by atoms with Crippen LogP contribution in [0.2, 0.25) is 0 Å². The van der Waals surface area contributed by atoms with Gasteiger partial charge in [-0.15, -0.1) is 0 Å². The van der Waals surface area contributed by atoms with E-state index in [-0.39, 0.29) is 12.5 Å². The molecule has 1 amide bonds. The minimum Gasteiger partial charge on any atom is -0.367 e. The van der Waals surface area contributed by atoms with Gasteiger partial charge < -0.3 is 24.3 Å². The lowest BCUT2D eigenvalue weighted by Gasteiger charge is -2.36. The number of benzene rings is 1. The van der Waals surface area contributed by atoms with E-state index in [9.17, 15) is 4.79 Å². The minimum absolute atomic E-state index is 0.0476. The molecule has 0 unspecified atom stereocenters. The van der Waals surface area contributed by atoms with Crippen molar-refractivity contribution in [3.63, 3.8) is 0 Å². The first-order valence-corrected chi connectivity index (χ1v) is 10.6. The number of aromatic nitrogens is 2. The molecule has 1 aromatic carbocycles. The van der Waals surface area contributed by atoms with Gasteiger partial charge in [0.25, 0.3) is 0 Å². The summed E-state index contributed by atoms with van der Waals surface area (Å²) in [5, 5.41) is 0. The average Bonchev–Trinajstić information content (AvgIpc) is 2.80. The number of hydrogen-bond donors (Lipinski definition) is 0. The highest BCUT2D eigenvalue weighted by Gasteiger charge is 2.23. The van der Waals surface area contributed by atoms with Crippen molar-refractivity contribution in [3.8, 4) is 0 Å². The van der Waals surface area contributed by atoms with Gasteiger partial charge in [-0.1, -0.05) is 30.3 Å². The number of likely N-dealkylation sites (N-methyl/N-ethyl adjacent to an activating group) is 1. The first kappa shape index (κ1) is 20.6. The van der Waals surface area contributed by atoms with E-state index in [0.717, 1.165) is 56.5 Å². The third kappa shape index (κ3) is 5.25. The van der Waals surface area contributed by atoms with Crippen LogP contribution < -0.4 is 9.80 Å². The number of nitrogens with zero attached hydrogens (tertiary/aromatic N) is 6. The van der Waals surface area contributed by atoms with E-state index in [2.05, 4.69) is 37.8 Å². The highest BCUT2D eigenvalue weighted by molar-refractivity contribution is 5.77. The lowest BCUT2D eigenvalue weighted by molar-refractivity contribution is -0.136. The maximum atomic E-state index is 12.5. The number of rotatable bonds is 6. The van der Waals surface area contributed by atoms with Crippen LogP contribution in [0.4, 0.5) is 11.6 Å². The Morgan fingerprint density at radius 2 is 1.50 bits per heavy atom. The Morgan fingerprint density at radius 1 is 0.900 bits per heavy atom. The highest BCUT2D eigenvalue weighted by atomic mass is 16.5. The van der Waals surface area contributed by atoms with E-state index in [4.69, 9.17) is 4.74 Å². The van der Waals surface area contributed by atoms with Gasteiger partial charge >= 0.3 is 0 Å². The molecule has 4 rings (SSSR count). The Labute approximate surface area is 178 Å². The second-order valence-electron chi connectivity index (χ2n) is 7.87. The van der Waals surface area contributed by atoms with E-state index in [0.29, 0.717) is 19.7 Å². The fourth-order valence-corrected chi connectivity index (χ4v) is 3.83. The van der Waals surface area contributed by atoms with Crippen molar-refractivity contribution in [2.75, 3.05) is 75.8 Å². The Bertz CT molecular complexity index is 817. The van der Waals surface area contributed by atoms with Crippen molar-refractivity contribution in [2.24, 2.45) is 0 Å². The normalized spacial score (nSPS) is 18.0. The van der Waals surface area contributed by atoms with Gasteiger partial charge in [0.1, 0.15) is 24.6 Å². The third-order valence-corrected chi connectivity index (χ3v) is 5.76. The Kier molecular flexibility index (Phi) is 6.76. The quantitative estimate of drug-likeness (QED) is 0.706. The monoisotopic (exact) mass is 410 g/mol. The van der Waals surface area contributed by atoms with Crippen LogP contribution in [0, 0.1) is 0 Å². The van der Waals surface area contributed by atoms with Crippen molar-refractivity contribution in [1.29, 1.82) is 0 Å². The zero-order valence-corrected chi connectivity index (χ0v) is 17.6. The number of ether oxygens (including phenoxy) is 1. The molecule has 2 aliphatic heterocycles. The summed E-state index contributed by atoms with van der Waals surface area (Å²) < 4.78 is 5.60. The van der Waals surface area contributed by atoms with Gasteiger partial charge in [-0.2, -0.15) is 0 Å². The van der Waals surface area contributed by atoms with Crippen molar-refractivity contribution in [3.05, 3.63) is 48.3 Å². The second-order valence-corrected chi connectivity index (χ2v) is 7.87. The van der Waals surface area contributed by atoms with Crippen LogP contribution in [0.25, 0.3) is 0 Å². The molecular formula is C22H30N6O2. The lowest BCUT2D eigenvalue weighted by Crippen LogP contribution is -2.50. The molecule has 2 fully saturated rings. The molecule has 30 heavy (non-hydrogen) atoms. The van der Waals surface area contributed by atoms with Crippen LogP contribution in [-0.2, 0) is 16.1 Å². The summed E-state index contributed by atoms with van der Waals surface area (Å²) >= 11 is 0. The summed E-state index contributed by atoms with van der Waals surface area (Å²) in [6.07, 6.45) is 1.65. The molecule has 3 heterocycles. The number of carbonyl (C=O) groups is 1. The zero-order valence-electron chi connectivity index (χ0n) is 17.6. The Balaban J connectivity index is 1.25. The molecule has 0 atom stereocenters. The fourth-order valence-electron chi connectivity index (χ4n) is 3.83. The first-order valence-electron chi connectivity index (χ1n) is 10.6. The SMILES string of the molecule is CN1CCN(c2cc(N3CCN(C(=O)COCc4ccccc4)CC3)ncn2)CC1. The molecule has 0 aliphatic carbocycles. The largest absolute Gasteiger partial charge is 0.367 e. The number of piperazine rings is 2. The predicted molar refractivity (Wildman–Crippen MR) is 117 cm³/mol. The number of carbonyl (C=O) groups excluding carboxylic acids is 1. The lowest BCUT2D eigenvalue weighted by atomic mass is 10.2. The fraction of sp³-hybridized carbons (Fsp3) is 0.500. The number of amides is 1. The van der Waals surface area contributed by atoms with Gasteiger partial charge in [0.2, 0.25) is 5.91 Å². The Hall–Kier alpha value is -2.71.